The summed E-state index contributed by atoms with van der Waals surface area (Å²) in [5, 5.41) is 12.6. The summed E-state index contributed by atoms with van der Waals surface area (Å²) in [5.41, 5.74) is 19.9. The Morgan fingerprint density at radius 3 is 1.87 bits per heavy atom. The van der Waals surface area contributed by atoms with E-state index < -0.39 is 0 Å². The van der Waals surface area contributed by atoms with Gasteiger partial charge in [-0.3, -0.25) is 0 Å². The van der Waals surface area contributed by atoms with Crippen LogP contribution in [-0.2, 0) is 0 Å². The Balaban J connectivity index is 0.000000349. The minimum atomic E-state index is 1.06. The maximum Gasteiger partial charge on any atom is 0.0619 e. The van der Waals surface area contributed by atoms with E-state index >= 15 is 0 Å². The highest BCUT2D eigenvalue weighted by molar-refractivity contribution is 6.20. The van der Waals surface area contributed by atoms with Crippen LogP contribution < -0.4 is 0 Å². The van der Waals surface area contributed by atoms with E-state index in [1.165, 1.54) is 145 Å². The van der Waals surface area contributed by atoms with Crippen LogP contribution in [0.4, 0.5) is 0 Å². The molecule has 0 saturated heterocycles. The van der Waals surface area contributed by atoms with Crippen molar-refractivity contribution < 1.29 is 0 Å². The van der Waals surface area contributed by atoms with Crippen molar-refractivity contribution in [3.05, 3.63) is 279 Å². The number of hydrogen-bond donors (Lipinski definition) is 0. The van der Waals surface area contributed by atoms with Gasteiger partial charge in [-0.15, -0.1) is 0 Å². The molecule has 0 aliphatic heterocycles. The molecule has 2 aliphatic carbocycles. The summed E-state index contributed by atoms with van der Waals surface area (Å²) in [5.74, 6) is 0. The van der Waals surface area contributed by atoms with Crippen molar-refractivity contribution in [2.24, 2.45) is 0 Å². The fourth-order valence-corrected chi connectivity index (χ4v) is 11.7. The molecule has 76 heavy (non-hydrogen) atoms. The number of rotatable bonds is 6. The van der Waals surface area contributed by atoms with Gasteiger partial charge in [0.2, 0.25) is 0 Å². The lowest BCUT2D eigenvalue weighted by molar-refractivity contribution is 0.962. The number of allylic oxidation sites excluding steroid dienone is 8. The van der Waals surface area contributed by atoms with Crippen LogP contribution in [-0.4, -0.2) is 9.13 Å². The Bertz CT molecular complexity index is 4560. The zero-order chi connectivity index (χ0) is 51.3. The molecule has 0 amide bonds. The van der Waals surface area contributed by atoms with Gasteiger partial charge in [0, 0.05) is 38.3 Å². The van der Waals surface area contributed by atoms with Gasteiger partial charge in [0.15, 0.2) is 0 Å². The summed E-state index contributed by atoms with van der Waals surface area (Å²) in [7, 11) is 0. The number of nitrogens with zero attached hydrogens (tertiary/aromatic N) is 2. The molecule has 0 atom stereocenters. The normalized spacial score (nSPS) is 12.6. The lowest BCUT2D eigenvalue weighted by Crippen LogP contribution is -1.95. The summed E-state index contributed by atoms with van der Waals surface area (Å²) in [6, 6.07) is 81.1. The first-order valence-electron chi connectivity index (χ1n) is 26.4. The highest BCUT2D eigenvalue weighted by Gasteiger charge is 2.22. The zero-order valence-corrected chi connectivity index (χ0v) is 43.0. The summed E-state index contributed by atoms with van der Waals surface area (Å²) in [4.78, 5) is 0. The third-order valence-electron chi connectivity index (χ3n) is 15.3. The van der Waals surface area contributed by atoms with Crippen LogP contribution in [0.1, 0.15) is 26.7 Å². The molecule has 11 aromatic carbocycles. The smallest absolute Gasteiger partial charge is 0.0619 e. The van der Waals surface area contributed by atoms with Crippen molar-refractivity contribution in [3.63, 3.8) is 0 Å². The molecule has 2 aromatic heterocycles. The molecule has 0 bridgehead atoms. The molecule has 15 rings (SSSR count). The molecule has 0 radical (unpaired) electrons. The monoisotopic (exact) mass is 972 g/mol. The summed E-state index contributed by atoms with van der Waals surface area (Å²) in [6.07, 6.45) is 14.5. The van der Waals surface area contributed by atoms with Crippen LogP contribution in [0.2, 0.25) is 0 Å². The Morgan fingerprint density at radius 2 is 1.09 bits per heavy atom. The maximum atomic E-state index is 3.66. The Kier molecular flexibility index (Phi) is 11.8. The van der Waals surface area contributed by atoms with Crippen LogP contribution in [0.5, 0.6) is 0 Å². The van der Waals surface area contributed by atoms with Crippen molar-refractivity contribution in [1.82, 2.24) is 9.13 Å². The summed E-state index contributed by atoms with van der Waals surface area (Å²) >= 11 is 0. The van der Waals surface area contributed by atoms with Crippen molar-refractivity contribution in [1.29, 1.82) is 0 Å². The van der Waals surface area contributed by atoms with Gasteiger partial charge < -0.3 is 9.13 Å². The number of aromatic nitrogens is 2. The largest absolute Gasteiger partial charge is 0.309 e. The number of para-hydroxylation sites is 2. The van der Waals surface area contributed by atoms with Crippen LogP contribution >= 0.6 is 0 Å². The van der Waals surface area contributed by atoms with Gasteiger partial charge in [0.25, 0.3) is 0 Å². The maximum absolute atomic E-state index is 3.66. The van der Waals surface area contributed by atoms with Crippen molar-refractivity contribution in [2.45, 2.75) is 26.7 Å². The van der Waals surface area contributed by atoms with Gasteiger partial charge in [0.05, 0.1) is 22.1 Å². The van der Waals surface area contributed by atoms with Crippen molar-refractivity contribution in [2.75, 3.05) is 0 Å². The van der Waals surface area contributed by atoms with Gasteiger partial charge in [0.1, 0.15) is 0 Å². The predicted octanol–water partition coefficient (Wildman–Crippen LogP) is 20.9. The fraction of sp³-hybridized carbons (Fsp3) is 0.0541. The molecule has 362 valence electrons. The average molecular weight is 973 g/mol. The molecule has 0 fully saturated rings. The molecule has 0 N–H and O–H groups in total. The van der Waals surface area contributed by atoms with E-state index in [1.54, 1.807) is 6.08 Å². The quantitative estimate of drug-likeness (QED) is 0.147. The van der Waals surface area contributed by atoms with Crippen LogP contribution in [0, 0.1) is 0 Å². The molecule has 2 heterocycles. The lowest BCUT2D eigenvalue weighted by atomic mass is 9.96. The highest BCUT2D eigenvalue weighted by Crippen LogP contribution is 2.48. The molecule has 2 nitrogen and oxygen atoms in total. The van der Waals surface area contributed by atoms with Crippen LogP contribution in [0.25, 0.3) is 132 Å². The Morgan fingerprint density at radius 1 is 0.447 bits per heavy atom. The fourth-order valence-electron chi connectivity index (χ4n) is 11.7. The molecule has 2 heteroatoms. The van der Waals surface area contributed by atoms with E-state index in [-0.39, 0.29) is 0 Å². The standard InChI is InChI=1S/C60H36N2.2C7H10/c1-2-13-45(14-3-1)61-56-19-7-6-16-49(56)50-29-25-43(36-58(50)61)42-26-31-57-55(35-42)53-30-23-38-10-4-5-15-47(38)60(53)62(57)46-27-22-37-20-21-40(32-44(37)33-46)41-24-28-48-51-17-8-11-39-12-9-18-52(59(39)51)54(48)34-41;1-7-5-3-2-4-6-7;1-4-5-6-7(2)3/h1-36H;2-3,5H,4,6H2,1H3;4-6H,1-2H2,3H3/b;;6-5-. The average Bonchev–Trinajstić information content (AvgIpc) is 4.13. The summed E-state index contributed by atoms with van der Waals surface area (Å²) < 4.78 is 4.90. The minimum absolute atomic E-state index is 1.06. The second kappa shape index (κ2) is 19.4. The molecular weight excluding hydrogens is 917 g/mol. The van der Waals surface area contributed by atoms with Crippen molar-refractivity contribution in [3.8, 4) is 55.9 Å². The third-order valence-corrected chi connectivity index (χ3v) is 15.3. The minimum Gasteiger partial charge on any atom is -0.309 e. The second-order valence-corrected chi connectivity index (χ2v) is 20.3. The van der Waals surface area contributed by atoms with E-state index in [1.807, 2.05) is 19.1 Å². The van der Waals surface area contributed by atoms with E-state index in [0.717, 1.165) is 11.3 Å². The SMILES string of the molecule is C=C/C=C\C(=C)C.CC1=CC=CCC1.c1ccc(-n2c3ccccc3c3ccc(-c4ccc5c(c4)c4ccc6ccccc6c4n5-c4ccc5ccc(-c6ccc7c(c6)-c6cccc8cccc-7c68)cc5c4)cc32)cc1. The first kappa shape index (κ1) is 46.3. The van der Waals surface area contributed by atoms with Gasteiger partial charge >= 0.3 is 0 Å². The molecule has 0 saturated carbocycles. The van der Waals surface area contributed by atoms with Gasteiger partial charge in [-0.05, 0) is 159 Å². The molecule has 2 aliphatic rings. The van der Waals surface area contributed by atoms with Crippen molar-refractivity contribution >= 4 is 75.9 Å². The Labute approximate surface area is 444 Å². The lowest BCUT2D eigenvalue weighted by Gasteiger charge is -2.13. The van der Waals surface area contributed by atoms with Crippen LogP contribution in [0.15, 0.2) is 279 Å². The molecular formula is C74H56N2. The van der Waals surface area contributed by atoms with E-state index in [0.29, 0.717) is 0 Å². The predicted molar refractivity (Wildman–Crippen MR) is 329 cm³/mol. The summed E-state index contributed by atoms with van der Waals surface area (Å²) in [6.45, 7) is 11.3. The van der Waals surface area contributed by atoms with Crippen LogP contribution in [0.3, 0.4) is 0 Å². The first-order valence-corrected chi connectivity index (χ1v) is 26.4. The first-order chi connectivity index (χ1) is 37.4. The van der Waals surface area contributed by atoms with Gasteiger partial charge in [-0.25, -0.2) is 0 Å². The highest BCUT2D eigenvalue weighted by atomic mass is 15.0. The second-order valence-electron chi connectivity index (χ2n) is 20.3. The van der Waals surface area contributed by atoms with Gasteiger partial charge in [-0.2, -0.15) is 0 Å². The number of benzene rings is 11. The molecule has 0 unspecified atom stereocenters. The Hall–Kier alpha value is -9.50. The van der Waals surface area contributed by atoms with Gasteiger partial charge in [-0.1, -0.05) is 218 Å². The zero-order valence-electron chi connectivity index (χ0n) is 43.0. The molecule has 13 aromatic rings. The third kappa shape index (κ3) is 8.16. The number of fused-ring (bicyclic) bond motifs is 12. The number of hydrogen-bond acceptors (Lipinski definition) is 0. The van der Waals surface area contributed by atoms with E-state index in [4.69, 9.17) is 0 Å². The molecule has 0 spiro atoms. The van der Waals surface area contributed by atoms with E-state index in [2.05, 4.69) is 266 Å². The van der Waals surface area contributed by atoms with E-state index in [9.17, 15) is 0 Å². The topological polar surface area (TPSA) is 9.86 Å².